The zero-order valence-electron chi connectivity index (χ0n) is 5.35. The molecule has 8 heavy (non-hydrogen) atoms. The number of nitrogens with two attached hydrogens (primary N) is 1. The molecular weight excluding hydrogens is 100 g/mol. The summed E-state index contributed by atoms with van der Waals surface area (Å²) in [6.45, 7) is 3.08. The molecule has 0 bridgehead atoms. The Morgan fingerprint density at radius 3 is 2.75 bits per heavy atom. The lowest BCUT2D eigenvalue weighted by Crippen LogP contribution is -2.38. The molecule has 1 atom stereocenters. The third-order valence-corrected chi connectivity index (χ3v) is 1.57. The van der Waals surface area contributed by atoms with Gasteiger partial charge in [0.1, 0.15) is 0 Å². The van der Waals surface area contributed by atoms with Crippen LogP contribution in [0.2, 0.25) is 0 Å². The molecule has 1 aliphatic rings. The zero-order chi connectivity index (χ0) is 5.98. The van der Waals surface area contributed by atoms with Gasteiger partial charge >= 0.3 is 0 Å². The fourth-order valence-electron chi connectivity index (χ4n) is 0.858. The highest BCUT2D eigenvalue weighted by Gasteiger charge is 2.27. The second-order valence-corrected chi connectivity index (χ2v) is 2.42. The summed E-state index contributed by atoms with van der Waals surface area (Å²) in [7, 11) is 0. The fraction of sp³-hybridized carbons (Fsp3) is 1.00. The van der Waals surface area contributed by atoms with E-state index in [4.69, 9.17) is 5.73 Å². The first-order valence-corrected chi connectivity index (χ1v) is 3.33. The van der Waals surface area contributed by atoms with Crippen molar-refractivity contribution in [1.82, 2.24) is 5.32 Å². The molecule has 1 fully saturated rings. The number of hydrogen-bond acceptors (Lipinski definition) is 2. The summed E-state index contributed by atoms with van der Waals surface area (Å²) >= 11 is 0. The van der Waals surface area contributed by atoms with E-state index in [2.05, 4.69) is 12.2 Å². The maximum atomic E-state index is 5.68. The average Bonchev–Trinajstić information content (AvgIpc) is 2.45. The van der Waals surface area contributed by atoms with Crippen molar-refractivity contribution in [2.45, 2.75) is 25.9 Å². The standard InChI is InChI=1S/C6H14N2/c1-2-8-6(7)5-3-4-5/h5-6,8H,2-4,7H2,1H3. The molecule has 48 valence electrons. The van der Waals surface area contributed by atoms with Crippen molar-refractivity contribution in [2.75, 3.05) is 6.54 Å². The van der Waals surface area contributed by atoms with Crippen molar-refractivity contribution < 1.29 is 0 Å². The summed E-state index contributed by atoms with van der Waals surface area (Å²) < 4.78 is 0. The molecule has 1 rings (SSSR count). The Balaban J connectivity index is 2.03. The van der Waals surface area contributed by atoms with Crippen molar-refractivity contribution in [2.24, 2.45) is 11.7 Å². The highest BCUT2D eigenvalue weighted by Crippen LogP contribution is 2.30. The first-order valence-electron chi connectivity index (χ1n) is 3.33. The Bertz CT molecular complexity index is 68.9. The lowest BCUT2D eigenvalue weighted by molar-refractivity contribution is 0.491. The van der Waals surface area contributed by atoms with Crippen LogP contribution in [0.25, 0.3) is 0 Å². The molecule has 3 N–H and O–H groups in total. The molecule has 1 aliphatic carbocycles. The van der Waals surface area contributed by atoms with Gasteiger partial charge in [-0.15, -0.1) is 0 Å². The smallest absolute Gasteiger partial charge is 0.0575 e. The molecule has 0 saturated heterocycles. The van der Waals surface area contributed by atoms with Crippen molar-refractivity contribution in [3.05, 3.63) is 0 Å². The summed E-state index contributed by atoms with van der Waals surface area (Å²) in [4.78, 5) is 0. The molecule has 0 spiro atoms. The first-order chi connectivity index (χ1) is 3.84. The van der Waals surface area contributed by atoms with Gasteiger partial charge in [-0.1, -0.05) is 6.92 Å². The Kier molecular flexibility index (Phi) is 1.86. The van der Waals surface area contributed by atoms with E-state index in [1.54, 1.807) is 0 Å². The van der Waals surface area contributed by atoms with Crippen LogP contribution in [-0.2, 0) is 0 Å². The maximum absolute atomic E-state index is 5.68. The third kappa shape index (κ3) is 1.46. The lowest BCUT2D eigenvalue weighted by Gasteiger charge is -2.08. The summed E-state index contributed by atoms with van der Waals surface area (Å²) in [5.41, 5.74) is 5.68. The largest absolute Gasteiger partial charge is 0.316 e. The van der Waals surface area contributed by atoms with Crippen LogP contribution in [-0.4, -0.2) is 12.7 Å². The molecule has 0 radical (unpaired) electrons. The van der Waals surface area contributed by atoms with E-state index < -0.39 is 0 Å². The van der Waals surface area contributed by atoms with Crippen molar-refractivity contribution >= 4 is 0 Å². The normalized spacial score (nSPS) is 23.2. The van der Waals surface area contributed by atoms with Gasteiger partial charge in [-0.3, -0.25) is 0 Å². The maximum Gasteiger partial charge on any atom is 0.0575 e. The lowest BCUT2D eigenvalue weighted by atomic mass is 10.3. The van der Waals surface area contributed by atoms with Gasteiger partial charge in [0.2, 0.25) is 0 Å². The Labute approximate surface area is 50.4 Å². The van der Waals surface area contributed by atoms with Crippen LogP contribution in [0, 0.1) is 5.92 Å². The van der Waals surface area contributed by atoms with Gasteiger partial charge < -0.3 is 11.1 Å². The second-order valence-electron chi connectivity index (χ2n) is 2.42. The molecule has 0 aromatic heterocycles. The van der Waals surface area contributed by atoms with Crippen LogP contribution in [0.4, 0.5) is 0 Å². The molecule has 0 aromatic rings. The zero-order valence-corrected chi connectivity index (χ0v) is 5.35. The monoisotopic (exact) mass is 114 g/mol. The molecule has 1 unspecified atom stereocenters. The molecule has 0 aromatic carbocycles. The molecule has 2 heteroatoms. The van der Waals surface area contributed by atoms with E-state index in [1.165, 1.54) is 12.8 Å². The molecule has 0 amide bonds. The number of nitrogens with one attached hydrogen (secondary N) is 1. The number of hydrogen-bond donors (Lipinski definition) is 2. The summed E-state index contributed by atoms with van der Waals surface area (Å²) in [5.74, 6) is 0.787. The van der Waals surface area contributed by atoms with Crippen molar-refractivity contribution in [3.8, 4) is 0 Å². The molecule has 0 aliphatic heterocycles. The average molecular weight is 114 g/mol. The minimum atomic E-state index is 0.278. The van der Waals surface area contributed by atoms with Gasteiger partial charge in [-0.05, 0) is 25.3 Å². The van der Waals surface area contributed by atoms with Gasteiger partial charge in [0.05, 0.1) is 6.17 Å². The summed E-state index contributed by atoms with van der Waals surface area (Å²) in [5, 5.41) is 3.19. The van der Waals surface area contributed by atoms with E-state index in [1.807, 2.05) is 0 Å². The van der Waals surface area contributed by atoms with Crippen LogP contribution in [0.15, 0.2) is 0 Å². The second kappa shape index (κ2) is 2.46. The van der Waals surface area contributed by atoms with E-state index >= 15 is 0 Å². The molecular formula is C6H14N2. The van der Waals surface area contributed by atoms with Gasteiger partial charge in [-0.2, -0.15) is 0 Å². The van der Waals surface area contributed by atoms with Crippen molar-refractivity contribution in [1.29, 1.82) is 0 Å². The van der Waals surface area contributed by atoms with Crippen LogP contribution in [0.5, 0.6) is 0 Å². The Hall–Kier alpha value is -0.0800. The minimum absolute atomic E-state index is 0.278. The van der Waals surface area contributed by atoms with Crippen LogP contribution in [0.1, 0.15) is 19.8 Å². The van der Waals surface area contributed by atoms with Gasteiger partial charge in [0, 0.05) is 0 Å². The highest BCUT2D eigenvalue weighted by atomic mass is 15.0. The highest BCUT2D eigenvalue weighted by molar-refractivity contribution is 4.81. The summed E-state index contributed by atoms with van der Waals surface area (Å²) in [6, 6.07) is 0. The SMILES string of the molecule is CCNC(N)C1CC1. The van der Waals surface area contributed by atoms with Crippen LogP contribution >= 0.6 is 0 Å². The molecule has 1 saturated carbocycles. The predicted molar refractivity (Wildman–Crippen MR) is 34.4 cm³/mol. The van der Waals surface area contributed by atoms with E-state index in [9.17, 15) is 0 Å². The Morgan fingerprint density at radius 2 is 2.38 bits per heavy atom. The molecule has 2 nitrogen and oxygen atoms in total. The first kappa shape index (κ1) is 6.05. The quantitative estimate of drug-likeness (QED) is 0.517. The van der Waals surface area contributed by atoms with Gasteiger partial charge in [0.25, 0.3) is 0 Å². The van der Waals surface area contributed by atoms with Crippen LogP contribution in [0.3, 0.4) is 0 Å². The molecule has 0 heterocycles. The fourth-order valence-corrected chi connectivity index (χ4v) is 0.858. The predicted octanol–water partition coefficient (Wildman–Crippen LogP) is 0.291. The topological polar surface area (TPSA) is 38.0 Å². The van der Waals surface area contributed by atoms with Gasteiger partial charge in [-0.25, -0.2) is 0 Å². The van der Waals surface area contributed by atoms with E-state index in [0.717, 1.165) is 12.5 Å². The third-order valence-electron chi connectivity index (χ3n) is 1.57. The van der Waals surface area contributed by atoms with E-state index in [-0.39, 0.29) is 6.17 Å². The number of rotatable bonds is 3. The summed E-state index contributed by atoms with van der Waals surface area (Å²) in [6.07, 6.45) is 2.93. The van der Waals surface area contributed by atoms with Crippen LogP contribution < -0.4 is 11.1 Å². The van der Waals surface area contributed by atoms with E-state index in [0.29, 0.717) is 0 Å². The Morgan fingerprint density at radius 1 is 1.75 bits per heavy atom. The van der Waals surface area contributed by atoms with Crippen molar-refractivity contribution in [3.63, 3.8) is 0 Å². The van der Waals surface area contributed by atoms with Gasteiger partial charge in [0.15, 0.2) is 0 Å². The minimum Gasteiger partial charge on any atom is -0.316 e.